The molecule has 0 saturated heterocycles. The third kappa shape index (κ3) is 9.75. The van der Waals surface area contributed by atoms with Gasteiger partial charge in [0.05, 0.1) is 11.2 Å². The average Bonchev–Trinajstić information content (AvgIpc) is 2.50. The first-order chi connectivity index (χ1) is 10.7. The summed E-state index contributed by atoms with van der Waals surface area (Å²) in [6, 6.07) is 0. The fourth-order valence-corrected chi connectivity index (χ4v) is 3.85. The quantitative estimate of drug-likeness (QED) is 0.317. The number of hydrogen-bond acceptors (Lipinski definition) is 1. The van der Waals surface area contributed by atoms with Gasteiger partial charge in [0.1, 0.15) is 0 Å². The third-order valence-electron chi connectivity index (χ3n) is 5.57. The van der Waals surface area contributed by atoms with Crippen molar-refractivity contribution in [1.29, 1.82) is 0 Å². The molecule has 0 aliphatic rings. The summed E-state index contributed by atoms with van der Waals surface area (Å²) in [6.45, 7) is 18.7. The molecule has 140 valence electrons. The van der Waals surface area contributed by atoms with E-state index in [1.165, 1.54) is 64.2 Å². The van der Waals surface area contributed by atoms with Crippen LogP contribution < -0.4 is 0 Å². The van der Waals surface area contributed by atoms with E-state index in [9.17, 15) is 0 Å². The molecule has 23 heavy (non-hydrogen) atoms. The van der Waals surface area contributed by atoms with Crippen molar-refractivity contribution in [3.8, 4) is 0 Å². The highest BCUT2D eigenvalue weighted by Gasteiger charge is 2.36. The van der Waals surface area contributed by atoms with Gasteiger partial charge >= 0.3 is 0 Å². The molecule has 0 fully saturated rings. The van der Waals surface area contributed by atoms with Crippen molar-refractivity contribution in [2.45, 2.75) is 131 Å². The van der Waals surface area contributed by atoms with Crippen molar-refractivity contribution in [2.75, 3.05) is 0 Å². The Bertz CT molecular complexity index is 260. The molecule has 1 nitrogen and oxygen atoms in total. The molecule has 0 aromatic rings. The maximum Gasteiger partial charge on any atom is 0.0664 e. The van der Waals surface area contributed by atoms with Gasteiger partial charge in [0.2, 0.25) is 0 Å². The van der Waals surface area contributed by atoms with Crippen molar-refractivity contribution in [3.05, 3.63) is 0 Å². The molecule has 0 amide bonds. The second kappa shape index (κ2) is 11.5. The summed E-state index contributed by atoms with van der Waals surface area (Å²) in [6.07, 6.45) is 12.4. The summed E-state index contributed by atoms with van der Waals surface area (Å²) in [5.41, 5.74) is 0.0861. The number of rotatable bonds is 14. The van der Waals surface area contributed by atoms with Crippen LogP contribution in [0.25, 0.3) is 0 Å². The predicted molar refractivity (Wildman–Crippen MR) is 105 cm³/mol. The number of unbranched alkanes of at least 4 members (excludes halogenated alkanes) is 2. The monoisotopic (exact) mass is 326 g/mol. The van der Waals surface area contributed by atoms with Crippen LogP contribution in [0.3, 0.4) is 0 Å². The molecular formula is C22H46O. The van der Waals surface area contributed by atoms with E-state index < -0.39 is 0 Å². The van der Waals surface area contributed by atoms with E-state index >= 15 is 0 Å². The standard InChI is InChI=1S/C22H46O/c1-9-13-15-21(7,17-19(5)11-3)23-22(8,16-14-10-2)18-20(6)12-4/h19-20H,9-18H2,1-8H3. The Kier molecular flexibility index (Phi) is 11.5. The van der Waals surface area contributed by atoms with Crippen LogP contribution in [0.5, 0.6) is 0 Å². The van der Waals surface area contributed by atoms with Gasteiger partial charge < -0.3 is 4.74 Å². The minimum atomic E-state index is 0.0430. The molecule has 0 aliphatic carbocycles. The SMILES string of the molecule is CCCCC(C)(CC(C)CC)OC(C)(CCCC)CC(C)CC. The Morgan fingerprint density at radius 1 is 0.696 bits per heavy atom. The van der Waals surface area contributed by atoms with Gasteiger partial charge in [-0.2, -0.15) is 0 Å². The van der Waals surface area contributed by atoms with Crippen molar-refractivity contribution >= 4 is 0 Å². The molecule has 0 saturated carbocycles. The Labute approximate surface area is 148 Å². The van der Waals surface area contributed by atoms with Gasteiger partial charge in [-0.05, 0) is 51.4 Å². The Morgan fingerprint density at radius 3 is 1.30 bits per heavy atom. The lowest BCUT2D eigenvalue weighted by Crippen LogP contribution is -2.43. The van der Waals surface area contributed by atoms with E-state index in [0.29, 0.717) is 0 Å². The lowest BCUT2D eigenvalue weighted by molar-refractivity contribution is -0.165. The molecule has 0 aromatic carbocycles. The zero-order valence-electron chi connectivity index (χ0n) is 17.6. The molecule has 0 N–H and O–H groups in total. The van der Waals surface area contributed by atoms with E-state index in [-0.39, 0.29) is 11.2 Å². The molecule has 0 bridgehead atoms. The molecule has 0 aromatic heterocycles. The topological polar surface area (TPSA) is 9.23 Å². The maximum absolute atomic E-state index is 6.97. The predicted octanol–water partition coefficient (Wildman–Crippen LogP) is 7.77. The summed E-state index contributed by atoms with van der Waals surface area (Å²) < 4.78 is 6.97. The van der Waals surface area contributed by atoms with Crippen molar-refractivity contribution in [2.24, 2.45) is 11.8 Å². The highest BCUT2D eigenvalue weighted by Crippen LogP contribution is 2.38. The van der Waals surface area contributed by atoms with E-state index in [2.05, 4.69) is 55.4 Å². The van der Waals surface area contributed by atoms with Crippen molar-refractivity contribution in [1.82, 2.24) is 0 Å². The van der Waals surface area contributed by atoms with Crippen LogP contribution in [-0.2, 0) is 4.74 Å². The van der Waals surface area contributed by atoms with Crippen LogP contribution in [0.4, 0.5) is 0 Å². The highest BCUT2D eigenvalue weighted by atomic mass is 16.5. The third-order valence-corrected chi connectivity index (χ3v) is 5.57. The first kappa shape index (κ1) is 23.0. The number of hydrogen-bond donors (Lipinski definition) is 0. The zero-order chi connectivity index (χ0) is 17.9. The summed E-state index contributed by atoms with van der Waals surface area (Å²) in [5.74, 6) is 1.49. The van der Waals surface area contributed by atoms with Gasteiger partial charge in [-0.1, -0.05) is 80.1 Å². The van der Waals surface area contributed by atoms with Crippen LogP contribution in [0.1, 0.15) is 120 Å². The lowest BCUT2D eigenvalue weighted by Gasteiger charge is -2.43. The number of ether oxygens (including phenoxy) is 1. The molecule has 0 spiro atoms. The average molecular weight is 327 g/mol. The Hall–Kier alpha value is -0.0400. The van der Waals surface area contributed by atoms with E-state index in [1.807, 2.05) is 0 Å². The van der Waals surface area contributed by atoms with Gasteiger partial charge in [-0.3, -0.25) is 0 Å². The maximum atomic E-state index is 6.97. The van der Waals surface area contributed by atoms with Crippen LogP contribution >= 0.6 is 0 Å². The Morgan fingerprint density at radius 2 is 1.04 bits per heavy atom. The fraction of sp³-hybridized carbons (Fsp3) is 1.00. The molecule has 1 heteroatoms. The molecule has 4 atom stereocenters. The molecule has 0 aliphatic heterocycles. The van der Waals surface area contributed by atoms with Crippen molar-refractivity contribution < 1.29 is 4.74 Å². The van der Waals surface area contributed by atoms with Gasteiger partial charge in [-0.25, -0.2) is 0 Å². The summed E-state index contributed by atoms with van der Waals surface area (Å²) in [5, 5.41) is 0. The lowest BCUT2D eigenvalue weighted by atomic mass is 9.83. The van der Waals surface area contributed by atoms with Gasteiger partial charge in [0.15, 0.2) is 0 Å². The summed E-state index contributed by atoms with van der Waals surface area (Å²) >= 11 is 0. The molecule has 0 rings (SSSR count). The van der Waals surface area contributed by atoms with Crippen LogP contribution in [0, 0.1) is 11.8 Å². The second-order valence-electron chi connectivity index (χ2n) is 8.64. The molecular weight excluding hydrogens is 280 g/mol. The van der Waals surface area contributed by atoms with E-state index in [1.54, 1.807) is 0 Å². The van der Waals surface area contributed by atoms with Crippen LogP contribution in [0.2, 0.25) is 0 Å². The fourth-order valence-electron chi connectivity index (χ4n) is 3.85. The summed E-state index contributed by atoms with van der Waals surface area (Å²) in [4.78, 5) is 0. The van der Waals surface area contributed by atoms with Crippen LogP contribution in [-0.4, -0.2) is 11.2 Å². The van der Waals surface area contributed by atoms with Crippen molar-refractivity contribution in [3.63, 3.8) is 0 Å². The summed E-state index contributed by atoms with van der Waals surface area (Å²) in [7, 11) is 0. The largest absolute Gasteiger partial charge is 0.369 e. The van der Waals surface area contributed by atoms with E-state index in [0.717, 1.165) is 11.8 Å². The molecule has 0 heterocycles. The Balaban J connectivity index is 5.13. The first-order valence-electron chi connectivity index (χ1n) is 10.4. The first-order valence-corrected chi connectivity index (χ1v) is 10.4. The highest BCUT2D eigenvalue weighted by molar-refractivity contribution is 4.86. The van der Waals surface area contributed by atoms with Gasteiger partial charge in [0.25, 0.3) is 0 Å². The van der Waals surface area contributed by atoms with Gasteiger partial charge in [0, 0.05) is 0 Å². The minimum Gasteiger partial charge on any atom is -0.369 e. The smallest absolute Gasteiger partial charge is 0.0664 e. The zero-order valence-corrected chi connectivity index (χ0v) is 17.6. The van der Waals surface area contributed by atoms with Crippen LogP contribution in [0.15, 0.2) is 0 Å². The molecule has 0 radical (unpaired) electrons. The van der Waals surface area contributed by atoms with Gasteiger partial charge in [-0.15, -0.1) is 0 Å². The normalized spacial score (nSPS) is 19.8. The minimum absolute atomic E-state index is 0.0430. The second-order valence-corrected chi connectivity index (χ2v) is 8.64. The van der Waals surface area contributed by atoms with E-state index in [4.69, 9.17) is 4.74 Å². The molecule has 4 unspecified atom stereocenters.